The highest BCUT2D eigenvalue weighted by molar-refractivity contribution is 6.10. The fourth-order valence-corrected chi connectivity index (χ4v) is 14.1. The summed E-state index contributed by atoms with van der Waals surface area (Å²) in [5.74, 6) is 0. The molecule has 0 saturated carbocycles. The minimum Gasteiger partial charge on any atom is -0.311 e. The van der Waals surface area contributed by atoms with Gasteiger partial charge in [-0.15, -0.1) is 0 Å². The minimum atomic E-state index is 1.11. The van der Waals surface area contributed by atoms with E-state index in [9.17, 15) is 0 Å². The van der Waals surface area contributed by atoms with Gasteiger partial charge in [0.2, 0.25) is 0 Å². The molecule has 2 heterocycles. The zero-order valence-electron chi connectivity index (χ0n) is 53.9. The van der Waals surface area contributed by atoms with Crippen LogP contribution in [0.2, 0.25) is 0 Å². The van der Waals surface area contributed by atoms with Gasteiger partial charge in [0.1, 0.15) is 0 Å². The summed E-state index contributed by atoms with van der Waals surface area (Å²) in [6.07, 6.45) is 0. The van der Waals surface area contributed by atoms with Crippen LogP contribution < -0.4 is 9.80 Å². The second kappa shape index (κ2) is 26.1. The van der Waals surface area contributed by atoms with Gasteiger partial charge in [-0.05, 0) is 194 Å². The molecule has 4 nitrogen and oxygen atoms in total. The highest BCUT2D eigenvalue weighted by atomic mass is 15.1. The van der Waals surface area contributed by atoms with Crippen molar-refractivity contribution in [2.75, 3.05) is 9.80 Å². The zero-order valence-corrected chi connectivity index (χ0v) is 53.9. The number of para-hydroxylation sites is 5. The summed E-state index contributed by atoms with van der Waals surface area (Å²) < 4.78 is 4.72. The second-order valence-corrected chi connectivity index (χ2v) is 24.9. The monoisotopic (exact) mass is 1250 g/mol. The second-order valence-electron chi connectivity index (χ2n) is 24.9. The average Bonchev–Trinajstić information content (AvgIpc) is 1.60. The molecular formula is C94H66N4. The van der Waals surface area contributed by atoms with Crippen LogP contribution in [0.3, 0.4) is 0 Å². The number of aromatic nitrogens is 2. The largest absolute Gasteiger partial charge is 0.311 e. The fraction of sp³-hybridized carbons (Fsp3) is 0. The molecule has 0 atom stereocenters. The highest BCUT2D eigenvalue weighted by Crippen LogP contribution is 2.41. The lowest BCUT2D eigenvalue weighted by Crippen LogP contribution is -2.09. The molecule has 98 heavy (non-hydrogen) atoms. The van der Waals surface area contributed by atoms with Gasteiger partial charge in [-0.25, -0.2) is 0 Å². The molecule has 462 valence electrons. The molecule has 0 fully saturated rings. The third-order valence-electron chi connectivity index (χ3n) is 19.0. The number of hydrogen-bond donors (Lipinski definition) is 0. The van der Waals surface area contributed by atoms with Crippen molar-refractivity contribution in [2.24, 2.45) is 0 Å². The zero-order chi connectivity index (χ0) is 65.1. The molecule has 4 heteroatoms. The van der Waals surface area contributed by atoms with Crippen molar-refractivity contribution in [1.82, 2.24) is 9.13 Å². The summed E-state index contributed by atoms with van der Waals surface area (Å²) in [5.41, 5.74) is 25.9. The van der Waals surface area contributed by atoms with Crippen molar-refractivity contribution in [3.8, 4) is 67.0 Å². The van der Waals surface area contributed by atoms with Gasteiger partial charge in [-0.3, -0.25) is 0 Å². The maximum Gasteiger partial charge on any atom is 0.0541 e. The molecule has 0 spiro atoms. The van der Waals surface area contributed by atoms with Crippen LogP contribution in [0.5, 0.6) is 0 Å². The van der Waals surface area contributed by atoms with E-state index in [4.69, 9.17) is 0 Å². The van der Waals surface area contributed by atoms with Crippen molar-refractivity contribution in [3.05, 3.63) is 400 Å². The molecule has 18 rings (SSSR count). The molecule has 0 aliphatic carbocycles. The Labute approximate surface area is 571 Å². The molecule has 0 saturated heterocycles. The van der Waals surface area contributed by atoms with Crippen molar-refractivity contribution in [1.29, 1.82) is 0 Å². The molecule has 18 aromatic rings. The minimum absolute atomic E-state index is 1.11. The SMILES string of the molecule is c1ccc(-c2ccc(N(c3ccc(-c4ccccc4)cc3)c3ccc(-c4ccc(-n5c6ccccc6c6ccccc65)cc4)cc3)cc2)cc1.c1ccc(N(c2ccc(-c3ccc(-n4c5ccccc5c5ccccc54)cc3)cc2)c2ccc(-c3ccc4ccccc4c3)cc2)cc1. The van der Waals surface area contributed by atoms with E-state index < -0.39 is 0 Å². The first-order chi connectivity index (χ1) is 48.6. The standard InChI is InChI=1S/C48H34N2.C46H32N2/c1-3-11-35(12-4-1)37-19-27-41(28-20-37)49(42-29-21-38(22-30-42)36-13-5-2-6-14-36)43-31-23-39(24-32-43)40-25-33-44(34-26-40)50-47-17-9-7-15-45(47)46-16-8-10-18-48(46)50;1-2-12-39(13-3-1)47(41-28-24-36(25-29-41)38-19-18-33-10-4-5-11-37(33)32-38)40-26-20-34(21-27-40)35-22-30-42(31-23-35)48-45-16-8-6-14-43(45)44-15-7-9-17-46(44)48/h1-34H;1-32H. The van der Waals surface area contributed by atoms with Crippen LogP contribution in [-0.4, -0.2) is 9.13 Å². The molecule has 0 radical (unpaired) electrons. The first-order valence-corrected chi connectivity index (χ1v) is 33.5. The molecule has 0 bridgehead atoms. The highest BCUT2D eigenvalue weighted by Gasteiger charge is 2.18. The Balaban J connectivity index is 0.000000147. The van der Waals surface area contributed by atoms with Crippen LogP contribution in [0.1, 0.15) is 0 Å². The Morgan fingerprint density at radius 3 is 0.704 bits per heavy atom. The average molecular weight is 1250 g/mol. The van der Waals surface area contributed by atoms with Gasteiger partial charge in [0, 0.05) is 67.0 Å². The number of nitrogens with zero attached hydrogens (tertiary/aromatic N) is 4. The lowest BCUT2D eigenvalue weighted by molar-refractivity contribution is 1.18. The Kier molecular flexibility index (Phi) is 15.6. The topological polar surface area (TPSA) is 16.3 Å². The molecule has 0 aliphatic heterocycles. The van der Waals surface area contributed by atoms with Crippen LogP contribution in [0.4, 0.5) is 34.1 Å². The van der Waals surface area contributed by atoms with E-state index >= 15 is 0 Å². The first-order valence-electron chi connectivity index (χ1n) is 33.5. The van der Waals surface area contributed by atoms with E-state index in [2.05, 4.69) is 419 Å². The molecule has 0 N–H and O–H groups in total. The first kappa shape index (κ1) is 58.8. The van der Waals surface area contributed by atoms with Crippen molar-refractivity contribution >= 4 is 88.5 Å². The van der Waals surface area contributed by atoms with Crippen LogP contribution in [0.25, 0.3) is 121 Å². The Hall–Kier alpha value is -13.0. The summed E-state index contributed by atoms with van der Waals surface area (Å²) in [6.45, 7) is 0. The molecule has 0 unspecified atom stereocenters. The summed E-state index contributed by atoms with van der Waals surface area (Å²) in [5, 5.41) is 7.62. The van der Waals surface area contributed by atoms with Crippen molar-refractivity contribution < 1.29 is 0 Å². The van der Waals surface area contributed by atoms with Crippen molar-refractivity contribution in [2.45, 2.75) is 0 Å². The molecular weight excluding hydrogens is 1190 g/mol. The predicted octanol–water partition coefficient (Wildman–Crippen LogP) is 26.0. The molecule has 0 aliphatic rings. The van der Waals surface area contributed by atoms with Crippen molar-refractivity contribution in [3.63, 3.8) is 0 Å². The van der Waals surface area contributed by atoms with E-state index in [1.807, 2.05) is 0 Å². The fourth-order valence-electron chi connectivity index (χ4n) is 14.1. The summed E-state index contributed by atoms with van der Waals surface area (Å²) in [4.78, 5) is 4.65. The Bertz CT molecular complexity index is 5600. The van der Waals surface area contributed by atoms with Crippen LogP contribution in [0, 0.1) is 0 Å². The number of rotatable bonds is 13. The van der Waals surface area contributed by atoms with Gasteiger partial charge in [0.15, 0.2) is 0 Å². The Morgan fingerprint density at radius 1 is 0.153 bits per heavy atom. The summed E-state index contributed by atoms with van der Waals surface area (Å²) in [7, 11) is 0. The van der Waals surface area contributed by atoms with Crippen LogP contribution >= 0.6 is 0 Å². The lowest BCUT2D eigenvalue weighted by Gasteiger charge is -2.26. The molecule has 16 aromatic carbocycles. The third kappa shape index (κ3) is 11.4. The van der Waals surface area contributed by atoms with Crippen LogP contribution in [0.15, 0.2) is 400 Å². The Morgan fingerprint density at radius 2 is 0.378 bits per heavy atom. The normalized spacial score (nSPS) is 11.3. The van der Waals surface area contributed by atoms with Gasteiger partial charge in [0.05, 0.1) is 22.1 Å². The van der Waals surface area contributed by atoms with E-state index in [0.29, 0.717) is 0 Å². The quantitative estimate of drug-likeness (QED) is 0.114. The lowest BCUT2D eigenvalue weighted by atomic mass is 10.0. The number of anilines is 6. The molecule has 2 aromatic heterocycles. The number of hydrogen-bond acceptors (Lipinski definition) is 2. The third-order valence-corrected chi connectivity index (χ3v) is 19.0. The van der Waals surface area contributed by atoms with E-state index in [1.54, 1.807) is 0 Å². The van der Waals surface area contributed by atoms with E-state index in [1.165, 1.54) is 110 Å². The maximum atomic E-state index is 2.36. The van der Waals surface area contributed by atoms with Gasteiger partial charge in [-0.1, -0.05) is 273 Å². The van der Waals surface area contributed by atoms with Crippen LogP contribution in [-0.2, 0) is 0 Å². The number of benzene rings is 16. The van der Waals surface area contributed by atoms with E-state index in [-0.39, 0.29) is 0 Å². The van der Waals surface area contributed by atoms with E-state index in [0.717, 1.165) is 45.5 Å². The summed E-state index contributed by atoms with van der Waals surface area (Å²) >= 11 is 0. The van der Waals surface area contributed by atoms with Gasteiger partial charge >= 0.3 is 0 Å². The maximum absolute atomic E-state index is 2.36. The summed E-state index contributed by atoms with van der Waals surface area (Å²) in [6, 6.07) is 144. The van der Waals surface area contributed by atoms with Gasteiger partial charge < -0.3 is 18.9 Å². The van der Waals surface area contributed by atoms with Gasteiger partial charge in [0.25, 0.3) is 0 Å². The number of fused-ring (bicyclic) bond motifs is 7. The van der Waals surface area contributed by atoms with Gasteiger partial charge in [-0.2, -0.15) is 0 Å². The smallest absolute Gasteiger partial charge is 0.0541 e. The molecule has 0 amide bonds. The predicted molar refractivity (Wildman–Crippen MR) is 416 cm³/mol.